The number of benzene rings is 2. The third-order valence-electron chi connectivity index (χ3n) is 5.38. The highest BCUT2D eigenvalue weighted by Gasteiger charge is 2.44. The molecule has 0 spiro atoms. The molecule has 0 bridgehead atoms. The van der Waals surface area contributed by atoms with Crippen molar-refractivity contribution in [2.45, 2.75) is 17.9 Å². The van der Waals surface area contributed by atoms with Crippen LogP contribution in [-0.4, -0.2) is 17.1 Å². The van der Waals surface area contributed by atoms with E-state index in [1.54, 1.807) is 36.0 Å². The summed E-state index contributed by atoms with van der Waals surface area (Å²) in [6.07, 6.45) is 2.00. The molecule has 1 atom stereocenters. The standard InChI is InChI=1S/C24H17ClN2O3S/c1-13-4-3-5-19(26-13)27-21(14-6-9-16(31-2)10-7-14)20-22(28)17-12-15(25)8-11-18(17)30-23(20)24(27)29/h3-12,21H,1-2H3/t21-/m0/s1. The Hall–Kier alpha value is -3.09. The zero-order valence-corrected chi connectivity index (χ0v) is 18.3. The van der Waals surface area contributed by atoms with Gasteiger partial charge in [-0.1, -0.05) is 29.8 Å². The Labute approximate surface area is 187 Å². The molecular formula is C24H17ClN2O3S. The lowest BCUT2D eigenvalue weighted by molar-refractivity contribution is 0.0970. The highest BCUT2D eigenvalue weighted by Crippen LogP contribution is 2.41. The van der Waals surface area contributed by atoms with E-state index >= 15 is 0 Å². The Morgan fingerprint density at radius 3 is 2.55 bits per heavy atom. The summed E-state index contributed by atoms with van der Waals surface area (Å²) in [6.45, 7) is 1.86. The van der Waals surface area contributed by atoms with Crippen LogP contribution in [0.1, 0.15) is 33.4 Å². The van der Waals surface area contributed by atoms with Crippen molar-refractivity contribution in [3.8, 4) is 0 Å². The Morgan fingerprint density at radius 1 is 1.06 bits per heavy atom. The van der Waals surface area contributed by atoms with Gasteiger partial charge in [-0.25, -0.2) is 4.98 Å². The molecule has 5 nitrogen and oxygen atoms in total. The van der Waals surface area contributed by atoms with E-state index < -0.39 is 6.04 Å². The molecule has 0 aliphatic carbocycles. The van der Waals surface area contributed by atoms with E-state index in [1.807, 2.05) is 49.6 Å². The summed E-state index contributed by atoms with van der Waals surface area (Å²) in [5, 5.41) is 0.783. The average molecular weight is 449 g/mol. The number of thioether (sulfide) groups is 1. The first-order valence-corrected chi connectivity index (χ1v) is 11.3. The van der Waals surface area contributed by atoms with Crippen LogP contribution in [0.5, 0.6) is 0 Å². The van der Waals surface area contributed by atoms with E-state index in [9.17, 15) is 9.59 Å². The first-order valence-electron chi connectivity index (χ1n) is 9.65. The van der Waals surface area contributed by atoms with E-state index in [4.69, 9.17) is 16.0 Å². The number of hydrogen-bond donors (Lipinski definition) is 0. The second kappa shape index (κ2) is 7.55. The molecule has 0 unspecified atom stereocenters. The maximum absolute atomic E-state index is 13.5. The number of halogens is 1. The fourth-order valence-electron chi connectivity index (χ4n) is 3.95. The highest BCUT2D eigenvalue weighted by atomic mass is 35.5. The molecule has 2 aromatic heterocycles. The molecule has 31 heavy (non-hydrogen) atoms. The minimum Gasteiger partial charge on any atom is -0.450 e. The zero-order chi connectivity index (χ0) is 21.7. The van der Waals surface area contributed by atoms with Gasteiger partial charge in [0.1, 0.15) is 11.4 Å². The lowest BCUT2D eigenvalue weighted by Gasteiger charge is -2.24. The van der Waals surface area contributed by atoms with Crippen molar-refractivity contribution in [2.24, 2.45) is 0 Å². The molecule has 1 aliphatic rings. The minimum absolute atomic E-state index is 0.0436. The van der Waals surface area contributed by atoms with Crippen molar-refractivity contribution in [3.63, 3.8) is 0 Å². The van der Waals surface area contributed by atoms with Crippen LogP contribution in [0.4, 0.5) is 5.82 Å². The fraction of sp³-hybridized carbons (Fsp3) is 0.125. The molecule has 2 aromatic carbocycles. The van der Waals surface area contributed by atoms with Gasteiger partial charge in [-0.05, 0) is 61.2 Å². The fourth-order valence-corrected chi connectivity index (χ4v) is 4.53. The lowest BCUT2D eigenvalue weighted by Crippen LogP contribution is -2.30. The van der Waals surface area contributed by atoms with Crippen LogP contribution in [0.3, 0.4) is 0 Å². The van der Waals surface area contributed by atoms with Gasteiger partial charge in [0.15, 0.2) is 5.43 Å². The van der Waals surface area contributed by atoms with Crippen LogP contribution in [0.15, 0.2) is 74.8 Å². The Morgan fingerprint density at radius 2 is 1.84 bits per heavy atom. The van der Waals surface area contributed by atoms with Gasteiger partial charge in [0.05, 0.1) is 17.0 Å². The molecule has 0 saturated heterocycles. The zero-order valence-electron chi connectivity index (χ0n) is 16.8. The van der Waals surface area contributed by atoms with Crippen LogP contribution in [0.2, 0.25) is 5.02 Å². The van der Waals surface area contributed by atoms with Gasteiger partial charge in [0.25, 0.3) is 5.91 Å². The van der Waals surface area contributed by atoms with Gasteiger partial charge in [-0.3, -0.25) is 14.5 Å². The molecule has 3 heterocycles. The maximum atomic E-state index is 13.5. The molecule has 0 fully saturated rings. The van der Waals surface area contributed by atoms with Crippen LogP contribution < -0.4 is 10.3 Å². The van der Waals surface area contributed by atoms with Gasteiger partial charge < -0.3 is 4.42 Å². The van der Waals surface area contributed by atoms with E-state index in [-0.39, 0.29) is 17.1 Å². The van der Waals surface area contributed by atoms with Crippen LogP contribution in [-0.2, 0) is 0 Å². The maximum Gasteiger partial charge on any atom is 0.296 e. The minimum atomic E-state index is -0.646. The highest BCUT2D eigenvalue weighted by molar-refractivity contribution is 7.98. The predicted molar refractivity (Wildman–Crippen MR) is 123 cm³/mol. The van der Waals surface area contributed by atoms with Gasteiger partial charge in [0.2, 0.25) is 5.76 Å². The third kappa shape index (κ3) is 3.23. The smallest absolute Gasteiger partial charge is 0.296 e. The summed E-state index contributed by atoms with van der Waals surface area (Å²) in [4.78, 5) is 34.2. The van der Waals surface area contributed by atoms with Gasteiger partial charge >= 0.3 is 0 Å². The molecule has 7 heteroatoms. The number of pyridine rings is 1. The predicted octanol–water partition coefficient (Wildman–Crippen LogP) is 5.62. The molecule has 1 amide bonds. The summed E-state index contributed by atoms with van der Waals surface area (Å²) >= 11 is 7.75. The van der Waals surface area contributed by atoms with Crippen molar-refractivity contribution in [2.75, 3.05) is 11.2 Å². The average Bonchev–Trinajstić information content (AvgIpc) is 3.07. The van der Waals surface area contributed by atoms with E-state index in [2.05, 4.69) is 4.98 Å². The second-order valence-corrected chi connectivity index (χ2v) is 8.62. The van der Waals surface area contributed by atoms with Crippen molar-refractivity contribution < 1.29 is 9.21 Å². The van der Waals surface area contributed by atoms with Gasteiger partial charge in [-0.15, -0.1) is 11.8 Å². The number of aryl methyl sites for hydroxylation is 1. The number of fused-ring (bicyclic) bond motifs is 2. The van der Waals surface area contributed by atoms with Crippen LogP contribution >= 0.6 is 23.4 Å². The molecule has 0 N–H and O–H groups in total. The van der Waals surface area contributed by atoms with E-state index in [0.29, 0.717) is 27.4 Å². The molecule has 5 rings (SSSR count). The number of anilines is 1. The van der Waals surface area contributed by atoms with Crippen LogP contribution in [0.25, 0.3) is 11.0 Å². The first kappa shape index (κ1) is 19.8. The van der Waals surface area contributed by atoms with Crippen molar-refractivity contribution >= 4 is 46.1 Å². The normalized spacial score (nSPS) is 15.5. The quantitative estimate of drug-likeness (QED) is 0.380. The number of aromatic nitrogens is 1. The van der Waals surface area contributed by atoms with E-state index in [1.165, 1.54) is 4.90 Å². The molecule has 4 aromatic rings. The topological polar surface area (TPSA) is 63.4 Å². The largest absolute Gasteiger partial charge is 0.450 e. The number of carbonyl (C=O) groups excluding carboxylic acids is 1. The van der Waals surface area contributed by atoms with Crippen molar-refractivity contribution in [1.29, 1.82) is 0 Å². The summed E-state index contributed by atoms with van der Waals surface area (Å²) < 4.78 is 5.95. The summed E-state index contributed by atoms with van der Waals surface area (Å²) in [5.41, 5.74) is 1.95. The SMILES string of the molecule is CSc1ccc([C@H]2c3c(oc4ccc(Cl)cc4c3=O)C(=O)N2c2cccc(C)n2)cc1. The molecule has 0 radical (unpaired) electrons. The Bertz CT molecular complexity index is 1400. The summed E-state index contributed by atoms with van der Waals surface area (Å²) in [6, 6.07) is 17.5. The molecule has 0 saturated carbocycles. The number of nitrogens with zero attached hydrogens (tertiary/aromatic N) is 2. The number of hydrogen-bond acceptors (Lipinski definition) is 5. The van der Waals surface area contributed by atoms with Crippen molar-refractivity contribution in [1.82, 2.24) is 4.98 Å². The summed E-state index contributed by atoms with van der Waals surface area (Å²) in [5.74, 6) is 0.125. The van der Waals surface area contributed by atoms with Gasteiger partial charge in [-0.2, -0.15) is 0 Å². The number of rotatable bonds is 3. The van der Waals surface area contributed by atoms with E-state index in [0.717, 1.165) is 16.2 Å². The second-order valence-electron chi connectivity index (χ2n) is 7.30. The Balaban J connectivity index is 1.80. The lowest BCUT2D eigenvalue weighted by atomic mass is 9.98. The molecule has 154 valence electrons. The summed E-state index contributed by atoms with van der Waals surface area (Å²) in [7, 11) is 0. The van der Waals surface area contributed by atoms with Crippen LogP contribution in [0, 0.1) is 6.92 Å². The Kier molecular flexibility index (Phi) is 4.84. The molecule has 1 aliphatic heterocycles. The first-order chi connectivity index (χ1) is 15.0. The monoisotopic (exact) mass is 448 g/mol. The van der Waals surface area contributed by atoms with Gasteiger partial charge in [0, 0.05) is 15.6 Å². The number of amides is 1. The number of carbonyl (C=O) groups is 1. The van der Waals surface area contributed by atoms with Crippen molar-refractivity contribution in [3.05, 3.63) is 98.5 Å². The molecular weight excluding hydrogens is 432 g/mol. The third-order valence-corrected chi connectivity index (χ3v) is 6.36.